The molecule has 0 aliphatic heterocycles. The van der Waals surface area contributed by atoms with Crippen molar-refractivity contribution in [2.45, 2.75) is 12.8 Å². The number of nitrogens with zero attached hydrogens (tertiary/aromatic N) is 3. The molecule has 1 heterocycles. The maximum atomic E-state index is 5.19. The molecule has 0 radical (unpaired) electrons. The number of halogens is 1. The zero-order valence-electron chi connectivity index (χ0n) is 16.8. The lowest BCUT2D eigenvalue weighted by atomic mass is 10.1. The van der Waals surface area contributed by atoms with Crippen LogP contribution in [-0.4, -0.2) is 43.0 Å². The average Bonchev–Trinajstić information content (AvgIpc) is 3.28. The van der Waals surface area contributed by atoms with Crippen LogP contribution in [-0.2, 0) is 12.8 Å². The minimum atomic E-state index is 0. The summed E-state index contributed by atoms with van der Waals surface area (Å²) < 4.78 is 7.04. The maximum absolute atomic E-state index is 5.19. The molecule has 3 rings (SSSR count). The molecular weight excluding hydrogens is 477 g/mol. The van der Waals surface area contributed by atoms with Gasteiger partial charge < -0.3 is 15.4 Å². The Morgan fingerprint density at radius 3 is 2.03 bits per heavy atom. The normalized spacial score (nSPS) is 10.9. The largest absolute Gasteiger partial charge is 0.497 e. The smallest absolute Gasteiger partial charge is 0.190 e. The Balaban J connectivity index is 0.00000300. The molecule has 2 N–H and O–H groups in total. The van der Waals surface area contributed by atoms with Crippen LogP contribution in [0, 0.1) is 0 Å². The van der Waals surface area contributed by atoms with Gasteiger partial charge in [0.25, 0.3) is 0 Å². The fourth-order valence-electron chi connectivity index (χ4n) is 2.90. The minimum absolute atomic E-state index is 0. The van der Waals surface area contributed by atoms with Gasteiger partial charge in [-0.15, -0.1) is 24.0 Å². The summed E-state index contributed by atoms with van der Waals surface area (Å²) in [6.07, 6.45) is 5.58. The topological polar surface area (TPSA) is 63.5 Å². The molecule has 0 unspecified atom stereocenters. The molecule has 0 saturated heterocycles. The number of nitrogens with one attached hydrogen (secondary N) is 2. The molecule has 0 spiro atoms. The van der Waals surface area contributed by atoms with Gasteiger partial charge in [0.1, 0.15) is 5.75 Å². The first-order valence-electron chi connectivity index (χ1n) is 9.45. The molecule has 0 aliphatic carbocycles. The molecule has 154 valence electrons. The molecule has 29 heavy (non-hydrogen) atoms. The van der Waals surface area contributed by atoms with Crippen molar-refractivity contribution in [3.8, 4) is 11.4 Å². The monoisotopic (exact) mass is 505 g/mol. The van der Waals surface area contributed by atoms with Crippen LogP contribution in [0.5, 0.6) is 5.75 Å². The first-order chi connectivity index (χ1) is 13.8. The zero-order chi connectivity index (χ0) is 19.6. The van der Waals surface area contributed by atoms with Crippen molar-refractivity contribution in [2.75, 3.05) is 27.2 Å². The van der Waals surface area contributed by atoms with Crippen molar-refractivity contribution in [3.63, 3.8) is 0 Å². The third kappa shape index (κ3) is 7.08. The van der Waals surface area contributed by atoms with Crippen LogP contribution in [0.15, 0.2) is 72.0 Å². The van der Waals surface area contributed by atoms with Gasteiger partial charge in [-0.05, 0) is 54.3 Å². The van der Waals surface area contributed by atoms with Crippen molar-refractivity contribution in [1.82, 2.24) is 20.4 Å². The van der Waals surface area contributed by atoms with Crippen molar-refractivity contribution in [3.05, 3.63) is 78.1 Å². The highest BCUT2D eigenvalue weighted by Gasteiger charge is 2.01. The highest BCUT2D eigenvalue weighted by atomic mass is 127. The number of rotatable bonds is 8. The number of hydrogen-bond acceptors (Lipinski definition) is 3. The molecule has 2 aromatic carbocycles. The molecule has 1 aromatic heterocycles. The van der Waals surface area contributed by atoms with Gasteiger partial charge in [0.2, 0.25) is 0 Å². The van der Waals surface area contributed by atoms with E-state index in [2.05, 4.69) is 57.1 Å². The van der Waals surface area contributed by atoms with Crippen LogP contribution in [0.1, 0.15) is 11.1 Å². The molecule has 0 bridgehead atoms. The third-order valence-electron chi connectivity index (χ3n) is 4.50. The van der Waals surface area contributed by atoms with Gasteiger partial charge in [-0.3, -0.25) is 4.99 Å². The van der Waals surface area contributed by atoms with Crippen LogP contribution in [0.2, 0.25) is 0 Å². The van der Waals surface area contributed by atoms with Crippen LogP contribution in [0.4, 0.5) is 0 Å². The summed E-state index contributed by atoms with van der Waals surface area (Å²) in [5.74, 6) is 1.70. The Morgan fingerprint density at radius 2 is 1.55 bits per heavy atom. The van der Waals surface area contributed by atoms with E-state index >= 15 is 0 Å². The zero-order valence-corrected chi connectivity index (χ0v) is 19.2. The summed E-state index contributed by atoms with van der Waals surface area (Å²) in [6.45, 7) is 1.65. The van der Waals surface area contributed by atoms with E-state index in [4.69, 9.17) is 4.74 Å². The van der Waals surface area contributed by atoms with Crippen LogP contribution in [0.3, 0.4) is 0 Å². The predicted molar refractivity (Wildman–Crippen MR) is 129 cm³/mol. The SMILES string of the molecule is CN=C(NCCc1ccc(OC)cc1)NCCc1ccc(-n2cccn2)cc1.I. The lowest BCUT2D eigenvalue weighted by Gasteiger charge is -2.12. The highest BCUT2D eigenvalue weighted by Crippen LogP contribution is 2.11. The number of methoxy groups -OCH3 is 1. The summed E-state index contributed by atoms with van der Waals surface area (Å²) in [6, 6.07) is 18.5. The number of aliphatic imine (C=N–C) groups is 1. The second kappa shape index (κ2) is 12.1. The number of aromatic nitrogens is 2. The first kappa shape index (κ1) is 22.7. The van der Waals surface area contributed by atoms with E-state index in [0.29, 0.717) is 0 Å². The molecular formula is C22H28IN5O. The van der Waals surface area contributed by atoms with Crippen LogP contribution < -0.4 is 15.4 Å². The molecule has 3 aromatic rings. The Bertz CT molecular complexity index is 861. The molecule has 6 nitrogen and oxygen atoms in total. The summed E-state index contributed by atoms with van der Waals surface area (Å²) in [7, 11) is 3.47. The fourth-order valence-corrected chi connectivity index (χ4v) is 2.90. The van der Waals surface area contributed by atoms with E-state index in [1.165, 1.54) is 11.1 Å². The lowest BCUT2D eigenvalue weighted by molar-refractivity contribution is 0.414. The van der Waals surface area contributed by atoms with E-state index in [9.17, 15) is 0 Å². The predicted octanol–water partition coefficient (Wildman–Crippen LogP) is 3.45. The lowest BCUT2D eigenvalue weighted by Crippen LogP contribution is -2.39. The maximum Gasteiger partial charge on any atom is 0.190 e. The summed E-state index contributed by atoms with van der Waals surface area (Å²) >= 11 is 0. The second-order valence-electron chi connectivity index (χ2n) is 6.39. The second-order valence-corrected chi connectivity index (χ2v) is 6.39. The van der Waals surface area contributed by atoms with Crippen molar-refractivity contribution >= 4 is 29.9 Å². The van der Waals surface area contributed by atoms with E-state index in [0.717, 1.165) is 43.3 Å². The van der Waals surface area contributed by atoms with Gasteiger partial charge >= 0.3 is 0 Å². The minimum Gasteiger partial charge on any atom is -0.497 e. The Hall–Kier alpha value is -2.55. The molecule has 0 saturated carbocycles. The number of guanidine groups is 1. The summed E-state index contributed by atoms with van der Waals surface area (Å²) in [4.78, 5) is 4.29. The van der Waals surface area contributed by atoms with Crippen LogP contribution >= 0.6 is 24.0 Å². The number of hydrogen-bond donors (Lipinski definition) is 2. The van der Waals surface area contributed by atoms with Crippen molar-refractivity contribution in [2.24, 2.45) is 4.99 Å². The average molecular weight is 505 g/mol. The van der Waals surface area contributed by atoms with E-state index in [1.54, 1.807) is 20.4 Å². The Kier molecular flexibility index (Phi) is 9.49. The van der Waals surface area contributed by atoms with E-state index in [1.807, 2.05) is 29.1 Å². The highest BCUT2D eigenvalue weighted by molar-refractivity contribution is 14.0. The van der Waals surface area contributed by atoms with Gasteiger partial charge in [0, 0.05) is 32.5 Å². The van der Waals surface area contributed by atoms with E-state index < -0.39 is 0 Å². The molecule has 0 aliphatic rings. The number of benzene rings is 2. The Morgan fingerprint density at radius 1 is 0.966 bits per heavy atom. The van der Waals surface area contributed by atoms with Crippen molar-refractivity contribution < 1.29 is 4.74 Å². The molecule has 0 atom stereocenters. The van der Waals surface area contributed by atoms with Gasteiger partial charge in [-0.25, -0.2) is 4.68 Å². The van der Waals surface area contributed by atoms with Gasteiger partial charge in [-0.1, -0.05) is 24.3 Å². The Labute approximate surface area is 189 Å². The molecule has 0 amide bonds. The first-order valence-corrected chi connectivity index (χ1v) is 9.45. The number of ether oxygens (including phenoxy) is 1. The standard InChI is InChI=1S/C22H27N5O.HI/c1-23-22(25-16-13-19-6-10-21(28-2)11-7-19)24-15-12-18-4-8-20(9-5-18)27-17-3-14-26-27;/h3-11,14,17H,12-13,15-16H2,1-2H3,(H2,23,24,25);1H. The third-order valence-corrected chi connectivity index (χ3v) is 4.50. The summed E-state index contributed by atoms with van der Waals surface area (Å²) in [5, 5.41) is 11.0. The fraction of sp³-hybridized carbons (Fsp3) is 0.273. The quantitative estimate of drug-likeness (QED) is 0.280. The summed E-state index contributed by atoms with van der Waals surface area (Å²) in [5.41, 5.74) is 3.61. The van der Waals surface area contributed by atoms with Gasteiger partial charge in [-0.2, -0.15) is 5.10 Å². The van der Waals surface area contributed by atoms with Gasteiger partial charge in [0.15, 0.2) is 5.96 Å². The van der Waals surface area contributed by atoms with Crippen LogP contribution in [0.25, 0.3) is 5.69 Å². The molecule has 7 heteroatoms. The van der Waals surface area contributed by atoms with Crippen molar-refractivity contribution in [1.29, 1.82) is 0 Å². The van der Waals surface area contributed by atoms with Gasteiger partial charge in [0.05, 0.1) is 12.8 Å². The van der Waals surface area contributed by atoms with E-state index in [-0.39, 0.29) is 24.0 Å². The molecule has 0 fully saturated rings.